The number of phenols is 1. The van der Waals surface area contributed by atoms with E-state index >= 15 is 0 Å². The van der Waals surface area contributed by atoms with Gasteiger partial charge in [-0.1, -0.05) is 56.3 Å². The minimum Gasteiger partial charge on any atom is -0.508 e. The number of carbonyl (C=O) groups is 3. The van der Waals surface area contributed by atoms with Crippen molar-refractivity contribution in [2.24, 2.45) is 17.6 Å². The van der Waals surface area contributed by atoms with Crippen LogP contribution in [-0.2, 0) is 20.8 Å². The maximum atomic E-state index is 13.7. The number of phenolic OH excluding ortho intramolecular Hbond substituents is 1. The maximum Gasteiger partial charge on any atom is 0.255 e. The zero-order valence-electron chi connectivity index (χ0n) is 21.1. The number of fused-ring (bicyclic) bond motifs is 3. The minimum atomic E-state index is -2.57. The molecule has 196 valence electrons. The molecule has 0 bridgehead atoms. The molecule has 0 aliphatic heterocycles. The second-order valence-corrected chi connectivity index (χ2v) is 10.6. The fourth-order valence-corrected chi connectivity index (χ4v) is 6.13. The molecule has 5 rings (SSSR count). The molecule has 3 unspecified atom stereocenters. The van der Waals surface area contributed by atoms with E-state index in [1.54, 1.807) is 6.08 Å². The maximum absolute atomic E-state index is 13.7. The van der Waals surface area contributed by atoms with Gasteiger partial charge in [-0.3, -0.25) is 14.4 Å². The molecule has 1 fully saturated rings. The van der Waals surface area contributed by atoms with Gasteiger partial charge < -0.3 is 26.2 Å². The summed E-state index contributed by atoms with van der Waals surface area (Å²) in [6.45, 7) is 3.98. The zero-order chi connectivity index (χ0) is 27.5. The molecule has 3 aliphatic rings. The highest BCUT2D eigenvalue weighted by Crippen LogP contribution is 2.53. The highest BCUT2D eigenvalue weighted by atomic mass is 16.3. The average Bonchev–Trinajstić information content (AvgIpc) is 2.86. The largest absolute Gasteiger partial charge is 0.508 e. The first-order valence-electron chi connectivity index (χ1n) is 12.6. The topological polar surface area (TPSA) is 158 Å². The van der Waals surface area contributed by atoms with Crippen LogP contribution in [-0.4, -0.2) is 43.5 Å². The predicted molar refractivity (Wildman–Crippen MR) is 141 cm³/mol. The molecule has 0 heterocycles. The molecule has 0 saturated heterocycles. The molecular weight excluding hydrogens is 486 g/mol. The van der Waals surface area contributed by atoms with Gasteiger partial charge >= 0.3 is 0 Å². The van der Waals surface area contributed by atoms with Gasteiger partial charge in [-0.05, 0) is 47.4 Å². The lowest BCUT2D eigenvalue weighted by atomic mass is 9.59. The highest BCUT2D eigenvalue weighted by Gasteiger charge is 2.60. The Hall–Kier alpha value is -4.17. The number of aliphatic hydroxyl groups excluding tert-OH is 2. The van der Waals surface area contributed by atoms with Gasteiger partial charge in [0.1, 0.15) is 22.8 Å². The number of hydrogen-bond donors (Lipinski definition) is 5. The van der Waals surface area contributed by atoms with E-state index < -0.39 is 52.0 Å². The van der Waals surface area contributed by atoms with Gasteiger partial charge in [0.15, 0.2) is 11.4 Å². The van der Waals surface area contributed by atoms with Crippen LogP contribution >= 0.6 is 0 Å². The molecule has 2 aromatic carbocycles. The molecule has 0 spiro atoms. The molecule has 0 radical (unpaired) electrons. The van der Waals surface area contributed by atoms with Gasteiger partial charge in [0.2, 0.25) is 5.78 Å². The Morgan fingerprint density at radius 2 is 1.76 bits per heavy atom. The lowest BCUT2D eigenvalue weighted by molar-refractivity contribution is -0.147. The number of aliphatic hydroxyl groups is 3. The normalized spacial score (nSPS) is 25.1. The van der Waals surface area contributed by atoms with Gasteiger partial charge in [-0.2, -0.15) is 0 Å². The number of nitrogens with two attached hydrogens (primary N) is 1. The third-order valence-corrected chi connectivity index (χ3v) is 8.00. The second kappa shape index (κ2) is 8.99. The van der Waals surface area contributed by atoms with E-state index in [-0.39, 0.29) is 42.1 Å². The van der Waals surface area contributed by atoms with Crippen LogP contribution < -0.4 is 5.73 Å². The number of amides is 1. The number of Topliss-reactive ketones (excluding diaryl/α,β-unsaturated/α-hetero) is 2. The molecule has 3 aliphatic carbocycles. The Labute approximate surface area is 219 Å². The van der Waals surface area contributed by atoms with Crippen LogP contribution in [0, 0.1) is 11.8 Å². The summed E-state index contributed by atoms with van der Waals surface area (Å²) >= 11 is 0. The third-order valence-electron chi connectivity index (χ3n) is 8.00. The fourth-order valence-electron chi connectivity index (χ4n) is 6.13. The third kappa shape index (κ3) is 3.67. The number of aromatic hydroxyl groups is 1. The quantitative estimate of drug-likeness (QED) is 0.307. The Morgan fingerprint density at radius 1 is 1.08 bits per heavy atom. The lowest BCUT2D eigenvalue weighted by Gasteiger charge is -2.46. The molecule has 1 amide bonds. The van der Waals surface area contributed by atoms with Crippen molar-refractivity contribution in [1.29, 1.82) is 0 Å². The number of hydrogen-bond acceptors (Lipinski definition) is 7. The molecule has 8 nitrogen and oxygen atoms in total. The summed E-state index contributed by atoms with van der Waals surface area (Å²) in [6, 6.07) is 11.4. The van der Waals surface area contributed by atoms with Crippen molar-refractivity contribution in [3.05, 3.63) is 81.1 Å². The average molecular weight is 516 g/mol. The highest BCUT2D eigenvalue weighted by molar-refractivity contribution is 6.22. The van der Waals surface area contributed by atoms with E-state index in [0.717, 1.165) is 11.1 Å². The van der Waals surface area contributed by atoms with Crippen molar-refractivity contribution < 1.29 is 34.8 Å². The number of rotatable bonds is 4. The molecular formula is C30H29NO7. The smallest absolute Gasteiger partial charge is 0.255 e. The second-order valence-electron chi connectivity index (χ2n) is 10.6. The summed E-state index contributed by atoms with van der Waals surface area (Å²) in [6.07, 6.45) is 3.61. The van der Waals surface area contributed by atoms with Crippen molar-refractivity contribution in [2.75, 3.05) is 0 Å². The summed E-state index contributed by atoms with van der Waals surface area (Å²) in [5, 5.41) is 44.9. The number of primary amides is 1. The van der Waals surface area contributed by atoms with Gasteiger partial charge in [-0.15, -0.1) is 0 Å². The number of ketones is 2. The standard InChI is InChI=1S/C30H29NO7/c1-14(2)19-11-16(9-8-15-6-4-3-5-7-15)25(33)23-20(19)12-17-10-18-13-21(32)24(29(31)37)28(36)30(18,38)27(35)22(17)26(23)34/h3-9,11,14,17-18,33-34,36,38H,10,12-13H2,1-2H3,(H2,31,37)/b9-8+. The van der Waals surface area contributed by atoms with Crippen molar-refractivity contribution in [3.8, 4) is 5.75 Å². The van der Waals surface area contributed by atoms with Crippen LogP contribution in [0.5, 0.6) is 5.75 Å². The van der Waals surface area contributed by atoms with E-state index in [1.165, 1.54) is 0 Å². The minimum absolute atomic E-state index is 0.0279. The molecule has 0 aromatic heterocycles. The SMILES string of the molecule is CC(C)c1cc(/C=C/c2ccccc2)c(O)c2c1CC1CC3CC(=O)C(C(N)=O)=C(O)C3(O)C(=O)C1=C2O. The first kappa shape index (κ1) is 25.5. The summed E-state index contributed by atoms with van der Waals surface area (Å²) in [4.78, 5) is 38.1. The van der Waals surface area contributed by atoms with Crippen LogP contribution in [0.15, 0.2) is 53.3 Å². The first-order valence-corrected chi connectivity index (χ1v) is 12.6. The van der Waals surface area contributed by atoms with Crippen molar-refractivity contribution in [2.45, 2.75) is 44.6 Å². The van der Waals surface area contributed by atoms with Crippen LogP contribution in [0.25, 0.3) is 17.9 Å². The van der Waals surface area contributed by atoms with Crippen LogP contribution in [0.1, 0.15) is 60.4 Å². The number of benzene rings is 2. The Balaban J connectivity index is 1.69. The lowest BCUT2D eigenvalue weighted by Crippen LogP contribution is -2.58. The van der Waals surface area contributed by atoms with E-state index in [4.69, 9.17) is 5.73 Å². The first-order chi connectivity index (χ1) is 18.0. The van der Waals surface area contributed by atoms with Crippen LogP contribution in [0.2, 0.25) is 0 Å². The monoisotopic (exact) mass is 515 g/mol. The molecule has 3 atom stereocenters. The summed E-state index contributed by atoms with van der Waals surface area (Å²) in [5.41, 5.74) is 4.78. The molecule has 6 N–H and O–H groups in total. The van der Waals surface area contributed by atoms with E-state index in [2.05, 4.69) is 0 Å². The number of carbonyl (C=O) groups excluding carboxylic acids is 3. The predicted octanol–water partition coefficient (Wildman–Crippen LogP) is 3.72. The van der Waals surface area contributed by atoms with Crippen LogP contribution in [0.4, 0.5) is 0 Å². The van der Waals surface area contributed by atoms with E-state index in [1.807, 2.05) is 56.3 Å². The van der Waals surface area contributed by atoms with Gasteiger partial charge in [0.05, 0.1) is 5.56 Å². The van der Waals surface area contributed by atoms with Gasteiger partial charge in [0, 0.05) is 23.5 Å². The van der Waals surface area contributed by atoms with Crippen molar-refractivity contribution >= 4 is 35.4 Å². The van der Waals surface area contributed by atoms with Crippen molar-refractivity contribution in [1.82, 2.24) is 0 Å². The fraction of sp³-hybridized carbons (Fsp3) is 0.300. The van der Waals surface area contributed by atoms with Crippen molar-refractivity contribution in [3.63, 3.8) is 0 Å². The van der Waals surface area contributed by atoms with Gasteiger partial charge in [-0.25, -0.2) is 0 Å². The van der Waals surface area contributed by atoms with Crippen LogP contribution in [0.3, 0.4) is 0 Å². The summed E-state index contributed by atoms with van der Waals surface area (Å²) < 4.78 is 0. The molecule has 38 heavy (non-hydrogen) atoms. The Kier molecular flexibility index (Phi) is 6.03. The molecule has 2 aromatic rings. The van der Waals surface area contributed by atoms with E-state index in [9.17, 15) is 34.8 Å². The summed E-state index contributed by atoms with van der Waals surface area (Å²) in [7, 11) is 0. The van der Waals surface area contributed by atoms with E-state index in [0.29, 0.717) is 11.1 Å². The Bertz CT molecular complexity index is 1480. The molecule has 1 saturated carbocycles. The Morgan fingerprint density at radius 3 is 2.39 bits per heavy atom. The van der Waals surface area contributed by atoms with Gasteiger partial charge in [0.25, 0.3) is 5.91 Å². The molecule has 8 heteroatoms. The summed E-state index contributed by atoms with van der Waals surface area (Å²) in [5.74, 6) is -6.26. The zero-order valence-corrected chi connectivity index (χ0v) is 21.1.